The van der Waals surface area contributed by atoms with Crippen LogP contribution in [0.1, 0.15) is 30.5 Å². The molecule has 2 aromatic carbocycles. The van der Waals surface area contributed by atoms with Crippen molar-refractivity contribution in [3.05, 3.63) is 77.4 Å². The first-order valence-corrected chi connectivity index (χ1v) is 9.24. The van der Waals surface area contributed by atoms with Crippen LogP contribution in [0, 0.1) is 6.92 Å². The van der Waals surface area contributed by atoms with Gasteiger partial charge >= 0.3 is 0 Å². The first-order chi connectivity index (χ1) is 11.0. The second kappa shape index (κ2) is 6.30. The molecule has 120 valence electrons. The standard InChI is InChI=1S/C19H21NO2S/c1-3-16-13-19(17-7-5-4-6-8-17)20(14-16)23(21,22)18-11-9-15(2)10-12-18/h3-12,19H,13-14H2,1-2H3/b16-3+/t19-/m1/s1. The summed E-state index contributed by atoms with van der Waals surface area (Å²) < 4.78 is 27.8. The van der Waals surface area contributed by atoms with E-state index in [9.17, 15) is 8.42 Å². The molecule has 0 radical (unpaired) electrons. The average molecular weight is 327 g/mol. The third-order valence-electron chi connectivity index (χ3n) is 4.38. The van der Waals surface area contributed by atoms with E-state index in [1.807, 2.05) is 62.4 Å². The molecule has 0 amide bonds. The van der Waals surface area contributed by atoms with Crippen LogP contribution in [0.5, 0.6) is 0 Å². The predicted octanol–water partition coefficient (Wildman–Crippen LogP) is 4.08. The molecule has 0 spiro atoms. The van der Waals surface area contributed by atoms with Crippen LogP contribution in [0.15, 0.2) is 71.1 Å². The Labute approximate surface area is 138 Å². The normalized spacial score (nSPS) is 21.0. The first-order valence-electron chi connectivity index (χ1n) is 7.80. The van der Waals surface area contributed by atoms with Gasteiger partial charge in [0.15, 0.2) is 0 Å². The lowest BCUT2D eigenvalue weighted by Gasteiger charge is -2.24. The monoisotopic (exact) mass is 327 g/mol. The molecule has 0 unspecified atom stereocenters. The Hall–Kier alpha value is -1.91. The van der Waals surface area contributed by atoms with Crippen LogP contribution in [0.2, 0.25) is 0 Å². The SMILES string of the molecule is C/C=C1\C[C@H](c2ccccc2)N(S(=O)(=O)c2ccc(C)cc2)C1. The largest absolute Gasteiger partial charge is 0.243 e. The van der Waals surface area contributed by atoms with Crippen molar-refractivity contribution in [2.45, 2.75) is 31.2 Å². The molecular formula is C19H21NO2S. The van der Waals surface area contributed by atoms with Gasteiger partial charge in [0.05, 0.1) is 10.9 Å². The van der Waals surface area contributed by atoms with E-state index in [2.05, 4.69) is 0 Å². The Balaban J connectivity index is 2.03. The molecule has 0 saturated carbocycles. The van der Waals surface area contributed by atoms with E-state index in [0.29, 0.717) is 11.4 Å². The number of sulfonamides is 1. The minimum Gasteiger partial charge on any atom is -0.207 e. The molecule has 1 fully saturated rings. The van der Waals surface area contributed by atoms with Crippen molar-refractivity contribution in [1.29, 1.82) is 0 Å². The zero-order valence-electron chi connectivity index (χ0n) is 13.4. The summed E-state index contributed by atoms with van der Waals surface area (Å²) in [6.45, 7) is 4.39. The minimum atomic E-state index is -3.50. The molecule has 1 heterocycles. The van der Waals surface area contributed by atoms with E-state index in [0.717, 1.165) is 23.1 Å². The highest BCUT2D eigenvalue weighted by Crippen LogP contribution is 2.39. The first kappa shape index (κ1) is 16.0. The molecule has 3 nitrogen and oxygen atoms in total. The fourth-order valence-electron chi connectivity index (χ4n) is 2.99. The molecule has 0 bridgehead atoms. The van der Waals surface area contributed by atoms with E-state index in [1.165, 1.54) is 0 Å². The Morgan fingerprint density at radius 3 is 2.30 bits per heavy atom. The van der Waals surface area contributed by atoms with Crippen molar-refractivity contribution in [1.82, 2.24) is 4.31 Å². The summed E-state index contributed by atoms with van der Waals surface area (Å²) in [5.74, 6) is 0. The fourth-order valence-corrected chi connectivity index (χ4v) is 4.61. The molecule has 1 aliphatic rings. The topological polar surface area (TPSA) is 37.4 Å². The molecule has 1 saturated heterocycles. The van der Waals surface area contributed by atoms with Gasteiger partial charge < -0.3 is 0 Å². The van der Waals surface area contributed by atoms with Gasteiger partial charge in [-0.3, -0.25) is 0 Å². The van der Waals surface area contributed by atoms with Crippen LogP contribution in [-0.2, 0) is 10.0 Å². The minimum absolute atomic E-state index is 0.131. The molecule has 0 aliphatic carbocycles. The molecule has 0 N–H and O–H groups in total. The predicted molar refractivity (Wildman–Crippen MR) is 92.6 cm³/mol. The van der Waals surface area contributed by atoms with Crippen molar-refractivity contribution in [3.63, 3.8) is 0 Å². The van der Waals surface area contributed by atoms with Gasteiger partial charge in [-0.25, -0.2) is 8.42 Å². The number of hydrogen-bond acceptors (Lipinski definition) is 2. The van der Waals surface area contributed by atoms with Crippen LogP contribution >= 0.6 is 0 Å². The summed E-state index contributed by atoms with van der Waals surface area (Å²) in [5, 5.41) is 0. The molecule has 2 aromatic rings. The van der Waals surface area contributed by atoms with Gasteiger partial charge in [0.2, 0.25) is 10.0 Å². The van der Waals surface area contributed by atoms with E-state index in [-0.39, 0.29) is 6.04 Å². The number of aryl methyl sites for hydroxylation is 1. The van der Waals surface area contributed by atoms with Crippen molar-refractivity contribution in [2.24, 2.45) is 0 Å². The van der Waals surface area contributed by atoms with Crippen molar-refractivity contribution in [2.75, 3.05) is 6.54 Å². The van der Waals surface area contributed by atoms with Crippen LogP contribution < -0.4 is 0 Å². The lowest BCUT2D eigenvalue weighted by Crippen LogP contribution is -2.30. The van der Waals surface area contributed by atoms with Gasteiger partial charge in [0, 0.05) is 6.54 Å². The molecule has 4 heteroatoms. The highest BCUT2D eigenvalue weighted by molar-refractivity contribution is 7.89. The van der Waals surface area contributed by atoms with Gasteiger partial charge in [0.1, 0.15) is 0 Å². The number of benzene rings is 2. The molecule has 23 heavy (non-hydrogen) atoms. The Bertz CT molecular complexity index is 808. The smallest absolute Gasteiger partial charge is 0.207 e. The Kier molecular flexibility index (Phi) is 4.37. The number of hydrogen-bond donors (Lipinski definition) is 0. The second-order valence-electron chi connectivity index (χ2n) is 5.94. The van der Waals surface area contributed by atoms with E-state index in [1.54, 1.807) is 16.4 Å². The number of nitrogens with zero attached hydrogens (tertiary/aromatic N) is 1. The fraction of sp³-hybridized carbons (Fsp3) is 0.263. The second-order valence-corrected chi connectivity index (χ2v) is 7.83. The highest BCUT2D eigenvalue weighted by Gasteiger charge is 2.38. The summed E-state index contributed by atoms with van der Waals surface area (Å²) in [5.41, 5.74) is 3.26. The lowest BCUT2D eigenvalue weighted by atomic mass is 10.0. The molecular weight excluding hydrogens is 306 g/mol. The van der Waals surface area contributed by atoms with E-state index >= 15 is 0 Å². The molecule has 0 aromatic heterocycles. The Morgan fingerprint density at radius 2 is 1.70 bits per heavy atom. The number of rotatable bonds is 3. The van der Waals surface area contributed by atoms with Crippen molar-refractivity contribution < 1.29 is 8.42 Å². The summed E-state index contributed by atoms with van der Waals surface area (Å²) in [6, 6.07) is 16.8. The van der Waals surface area contributed by atoms with Crippen LogP contribution in [-0.4, -0.2) is 19.3 Å². The van der Waals surface area contributed by atoms with Crippen molar-refractivity contribution >= 4 is 10.0 Å². The van der Waals surface area contributed by atoms with Crippen molar-refractivity contribution in [3.8, 4) is 0 Å². The lowest BCUT2D eigenvalue weighted by molar-refractivity contribution is 0.397. The summed E-state index contributed by atoms with van der Waals surface area (Å²) in [7, 11) is -3.50. The zero-order chi connectivity index (χ0) is 16.4. The van der Waals surface area contributed by atoms with Gasteiger partial charge in [-0.2, -0.15) is 4.31 Å². The van der Waals surface area contributed by atoms with Gasteiger partial charge in [-0.1, -0.05) is 59.7 Å². The summed E-state index contributed by atoms with van der Waals surface area (Å²) >= 11 is 0. The van der Waals surface area contributed by atoms with Crippen LogP contribution in [0.25, 0.3) is 0 Å². The quantitative estimate of drug-likeness (QED) is 0.797. The highest BCUT2D eigenvalue weighted by atomic mass is 32.2. The van der Waals surface area contributed by atoms with Crippen LogP contribution in [0.3, 0.4) is 0 Å². The summed E-state index contributed by atoms with van der Waals surface area (Å²) in [6.07, 6.45) is 2.78. The molecule has 1 aliphatic heterocycles. The van der Waals surface area contributed by atoms with Crippen LogP contribution in [0.4, 0.5) is 0 Å². The van der Waals surface area contributed by atoms with Gasteiger partial charge in [0.25, 0.3) is 0 Å². The maximum atomic E-state index is 13.1. The van der Waals surface area contributed by atoms with E-state index in [4.69, 9.17) is 0 Å². The molecule has 1 atom stereocenters. The average Bonchev–Trinajstić information content (AvgIpc) is 3.01. The molecule has 3 rings (SSSR count). The van der Waals surface area contributed by atoms with Gasteiger partial charge in [-0.15, -0.1) is 0 Å². The summed E-state index contributed by atoms with van der Waals surface area (Å²) in [4.78, 5) is 0.362. The maximum absolute atomic E-state index is 13.1. The third kappa shape index (κ3) is 3.09. The van der Waals surface area contributed by atoms with Gasteiger partial charge in [-0.05, 0) is 38.0 Å². The number of allylic oxidation sites excluding steroid dienone is 1. The Morgan fingerprint density at radius 1 is 1.04 bits per heavy atom. The third-order valence-corrected chi connectivity index (χ3v) is 6.25. The zero-order valence-corrected chi connectivity index (χ0v) is 14.3. The maximum Gasteiger partial charge on any atom is 0.243 e. The van der Waals surface area contributed by atoms with E-state index < -0.39 is 10.0 Å².